The molecule has 0 saturated heterocycles. The summed E-state index contributed by atoms with van der Waals surface area (Å²) in [7, 11) is 1.62. The molecule has 0 aromatic carbocycles. The number of amides is 1. The molecule has 0 unspecified atom stereocenters. The minimum absolute atomic E-state index is 0.0418. The summed E-state index contributed by atoms with van der Waals surface area (Å²) < 4.78 is 4.94. The van der Waals surface area contributed by atoms with Crippen LogP contribution in [-0.2, 0) is 4.74 Å². The summed E-state index contributed by atoms with van der Waals surface area (Å²) in [4.78, 5) is 18.7. The van der Waals surface area contributed by atoms with Crippen LogP contribution in [0.4, 0.5) is 10.9 Å². The summed E-state index contributed by atoms with van der Waals surface area (Å²) in [6.07, 6.45) is 1.98. The Balaban J connectivity index is 2.04. The van der Waals surface area contributed by atoms with Crippen molar-refractivity contribution < 1.29 is 14.6 Å². The molecule has 1 aliphatic rings. The average molecular weight is 300 g/mol. The van der Waals surface area contributed by atoms with E-state index in [0.717, 1.165) is 12.8 Å². The van der Waals surface area contributed by atoms with Gasteiger partial charge in [-0.15, -0.1) is 0 Å². The predicted octanol–water partition coefficient (Wildman–Crippen LogP) is 0.381. The Morgan fingerprint density at radius 2 is 2.40 bits per heavy atom. The van der Waals surface area contributed by atoms with Gasteiger partial charge in [-0.2, -0.15) is 0 Å². The van der Waals surface area contributed by atoms with Gasteiger partial charge in [0, 0.05) is 26.2 Å². The van der Waals surface area contributed by atoms with Crippen LogP contribution in [-0.4, -0.2) is 60.4 Å². The number of hydrogen-bond acceptors (Lipinski definition) is 7. The Morgan fingerprint density at radius 1 is 1.65 bits per heavy atom. The van der Waals surface area contributed by atoms with Crippen LogP contribution in [0.3, 0.4) is 0 Å². The van der Waals surface area contributed by atoms with Crippen molar-refractivity contribution in [3.05, 3.63) is 4.88 Å². The van der Waals surface area contributed by atoms with Crippen molar-refractivity contribution in [1.82, 2.24) is 9.88 Å². The number of aliphatic hydroxyl groups is 1. The molecular weight excluding hydrogens is 280 g/mol. The van der Waals surface area contributed by atoms with Gasteiger partial charge in [-0.05, 0) is 12.8 Å². The number of carbonyl (C=O) groups excluding carboxylic acids is 1. The summed E-state index contributed by atoms with van der Waals surface area (Å²) >= 11 is 1.24. The summed E-state index contributed by atoms with van der Waals surface area (Å²) in [5.74, 6) is 0.0971. The molecule has 0 spiro atoms. The van der Waals surface area contributed by atoms with Crippen molar-refractivity contribution in [1.29, 1.82) is 0 Å². The number of carbonyl (C=O) groups is 1. The molecule has 4 N–H and O–H groups in total. The molecule has 8 heteroatoms. The fourth-order valence-electron chi connectivity index (χ4n) is 1.90. The van der Waals surface area contributed by atoms with E-state index >= 15 is 0 Å². The fraction of sp³-hybridized carbons (Fsp3) is 0.667. The lowest BCUT2D eigenvalue weighted by Crippen LogP contribution is -2.35. The number of aliphatic hydroxyl groups excluding tert-OH is 1. The second-order valence-corrected chi connectivity index (χ2v) is 5.61. The molecular formula is C12H20N4O3S. The van der Waals surface area contributed by atoms with Crippen molar-refractivity contribution in [2.75, 3.05) is 44.5 Å². The van der Waals surface area contributed by atoms with Gasteiger partial charge in [0.1, 0.15) is 10.7 Å². The number of thiazole rings is 1. The smallest absolute Gasteiger partial charge is 0.268 e. The molecule has 112 valence electrons. The zero-order valence-electron chi connectivity index (χ0n) is 11.5. The highest BCUT2D eigenvalue weighted by atomic mass is 32.1. The van der Waals surface area contributed by atoms with E-state index < -0.39 is 0 Å². The lowest BCUT2D eigenvalue weighted by atomic mass is 10.3. The predicted molar refractivity (Wildman–Crippen MR) is 78.0 cm³/mol. The molecule has 2 rings (SSSR count). The second-order valence-electron chi connectivity index (χ2n) is 4.61. The monoisotopic (exact) mass is 300 g/mol. The standard InChI is InChI=1S/C12H20N4O3S/c1-19-7-4-14-12-15-10(13)9(20-12)11(18)16(5-6-17)8-2-3-8/h8,17H,2-7,13H2,1H3,(H,14,15). The zero-order valence-corrected chi connectivity index (χ0v) is 12.3. The van der Waals surface area contributed by atoms with E-state index in [0.29, 0.717) is 29.7 Å². The van der Waals surface area contributed by atoms with Gasteiger partial charge in [-0.3, -0.25) is 4.79 Å². The molecule has 1 aromatic rings. The zero-order chi connectivity index (χ0) is 14.5. The Kier molecular flexibility index (Phi) is 5.16. The molecule has 1 heterocycles. The van der Waals surface area contributed by atoms with Crippen LogP contribution in [0.15, 0.2) is 0 Å². The normalized spacial score (nSPS) is 14.3. The van der Waals surface area contributed by atoms with Crippen molar-refractivity contribution in [3.63, 3.8) is 0 Å². The maximum absolute atomic E-state index is 12.4. The van der Waals surface area contributed by atoms with Gasteiger partial charge in [0.2, 0.25) is 0 Å². The number of nitrogens with one attached hydrogen (secondary N) is 1. The molecule has 20 heavy (non-hydrogen) atoms. The minimum Gasteiger partial charge on any atom is -0.395 e. The maximum Gasteiger partial charge on any atom is 0.268 e. The number of nitrogens with zero attached hydrogens (tertiary/aromatic N) is 2. The first-order valence-corrected chi connectivity index (χ1v) is 7.40. The van der Waals surface area contributed by atoms with E-state index in [2.05, 4.69) is 10.3 Å². The van der Waals surface area contributed by atoms with Crippen LogP contribution < -0.4 is 11.1 Å². The Hall–Kier alpha value is -1.38. The molecule has 1 amide bonds. The highest BCUT2D eigenvalue weighted by Crippen LogP contribution is 2.32. The summed E-state index contributed by atoms with van der Waals surface area (Å²) in [5.41, 5.74) is 5.82. The quantitative estimate of drug-likeness (QED) is 0.600. The number of rotatable bonds is 8. The third-order valence-electron chi connectivity index (χ3n) is 3.02. The Labute approximate surface area is 121 Å². The number of aromatic nitrogens is 1. The third-order valence-corrected chi connectivity index (χ3v) is 4.04. The van der Waals surface area contributed by atoms with E-state index in [1.807, 2.05) is 0 Å². The number of nitrogens with two attached hydrogens (primary N) is 1. The highest BCUT2D eigenvalue weighted by Gasteiger charge is 2.34. The van der Waals surface area contributed by atoms with Crippen molar-refractivity contribution in [3.8, 4) is 0 Å². The van der Waals surface area contributed by atoms with Crippen LogP contribution in [0, 0.1) is 0 Å². The SMILES string of the molecule is COCCNc1nc(N)c(C(=O)N(CCO)C2CC2)s1. The van der Waals surface area contributed by atoms with E-state index in [4.69, 9.17) is 15.6 Å². The fourth-order valence-corrected chi connectivity index (χ4v) is 2.76. The van der Waals surface area contributed by atoms with Gasteiger partial charge in [-0.25, -0.2) is 4.98 Å². The van der Waals surface area contributed by atoms with Crippen molar-refractivity contribution in [2.45, 2.75) is 18.9 Å². The highest BCUT2D eigenvalue weighted by molar-refractivity contribution is 7.18. The Bertz CT molecular complexity index is 462. The van der Waals surface area contributed by atoms with Gasteiger partial charge in [0.15, 0.2) is 5.13 Å². The minimum atomic E-state index is -0.142. The lowest BCUT2D eigenvalue weighted by molar-refractivity contribution is 0.0713. The van der Waals surface area contributed by atoms with Crippen LogP contribution >= 0.6 is 11.3 Å². The third kappa shape index (κ3) is 3.59. The molecule has 0 bridgehead atoms. The molecule has 0 atom stereocenters. The summed E-state index contributed by atoms with van der Waals surface area (Å²) in [6.45, 7) is 1.47. The molecule has 1 aliphatic carbocycles. The van der Waals surface area contributed by atoms with E-state index in [9.17, 15) is 4.79 Å². The van der Waals surface area contributed by atoms with Crippen LogP contribution in [0.1, 0.15) is 22.5 Å². The van der Waals surface area contributed by atoms with E-state index in [-0.39, 0.29) is 24.4 Å². The first kappa shape index (κ1) is 15.0. The largest absolute Gasteiger partial charge is 0.395 e. The average Bonchev–Trinajstić information content (AvgIpc) is 3.19. The summed E-state index contributed by atoms with van der Waals surface area (Å²) in [6, 6.07) is 0.237. The van der Waals surface area contributed by atoms with Crippen molar-refractivity contribution in [2.24, 2.45) is 0 Å². The molecule has 7 nitrogen and oxygen atoms in total. The number of ether oxygens (including phenoxy) is 1. The van der Waals surface area contributed by atoms with Gasteiger partial charge < -0.3 is 25.8 Å². The number of methoxy groups -OCH3 is 1. The maximum atomic E-state index is 12.4. The van der Waals surface area contributed by atoms with E-state index in [1.54, 1.807) is 12.0 Å². The second kappa shape index (κ2) is 6.87. The number of hydrogen-bond donors (Lipinski definition) is 3. The van der Waals surface area contributed by atoms with Crippen LogP contribution in [0.25, 0.3) is 0 Å². The van der Waals surface area contributed by atoms with E-state index in [1.165, 1.54) is 11.3 Å². The van der Waals surface area contributed by atoms with Crippen molar-refractivity contribution >= 4 is 28.2 Å². The lowest BCUT2D eigenvalue weighted by Gasteiger charge is -2.20. The van der Waals surface area contributed by atoms with Crippen LogP contribution in [0.2, 0.25) is 0 Å². The van der Waals surface area contributed by atoms with Gasteiger partial charge in [-0.1, -0.05) is 11.3 Å². The Morgan fingerprint density at radius 3 is 3.00 bits per heavy atom. The molecule has 0 radical (unpaired) electrons. The summed E-state index contributed by atoms with van der Waals surface area (Å²) in [5, 5.41) is 12.7. The van der Waals surface area contributed by atoms with Gasteiger partial charge in [0.05, 0.1) is 13.2 Å². The number of nitrogen functional groups attached to an aromatic ring is 1. The first-order chi connectivity index (χ1) is 9.67. The van der Waals surface area contributed by atoms with Crippen LogP contribution in [0.5, 0.6) is 0 Å². The molecule has 0 aliphatic heterocycles. The molecule has 1 fully saturated rings. The van der Waals surface area contributed by atoms with Gasteiger partial charge >= 0.3 is 0 Å². The molecule has 1 saturated carbocycles. The number of anilines is 2. The topological polar surface area (TPSA) is 101 Å². The molecule has 1 aromatic heterocycles. The van der Waals surface area contributed by atoms with Gasteiger partial charge in [0.25, 0.3) is 5.91 Å². The first-order valence-electron chi connectivity index (χ1n) is 6.58.